The summed E-state index contributed by atoms with van der Waals surface area (Å²) in [7, 11) is 1.96. The fourth-order valence-corrected chi connectivity index (χ4v) is 2.49. The molecule has 0 spiro atoms. The minimum Gasteiger partial charge on any atom is -0.345 e. The van der Waals surface area contributed by atoms with Crippen LogP contribution in [0.25, 0.3) is 0 Å². The van der Waals surface area contributed by atoms with Crippen LogP contribution in [0, 0.1) is 11.8 Å². The number of piperidine rings is 1. The van der Waals surface area contributed by atoms with E-state index in [1.54, 1.807) is 0 Å². The predicted molar refractivity (Wildman–Crippen MR) is 67.3 cm³/mol. The van der Waals surface area contributed by atoms with E-state index in [1.807, 2.05) is 11.9 Å². The molecule has 1 aliphatic rings. The van der Waals surface area contributed by atoms with Crippen molar-refractivity contribution in [3.8, 4) is 0 Å². The highest BCUT2D eigenvalue weighted by molar-refractivity contribution is 5.78. The van der Waals surface area contributed by atoms with Gasteiger partial charge in [0.15, 0.2) is 0 Å². The summed E-state index contributed by atoms with van der Waals surface area (Å²) in [5.41, 5.74) is 0. The van der Waals surface area contributed by atoms with Crippen molar-refractivity contribution in [1.29, 1.82) is 0 Å². The van der Waals surface area contributed by atoms with Crippen LogP contribution in [0.2, 0.25) is 0 Å². The van der Waals surface area contributed by atoms with Crippen LogP contribution < -0.4 is 5.32 Å². The summed E-state index contributed by atoms with van der Waals surface area (Å²) >= 11 is 0. The van der Waals surface area contributed by atoms with Crippen LogP contribution >= 0.6 is 0 Å². The van der Waals surface area contributed by atoms with Crippen molar-refractivity contribution in [1.82, 2.24) is 10.2 Å². The number of hydrogen-bond acceptors (Lipinski definition) is 2. The van der Waals surface area contributed by atoms with Crippen LogP contribution in [-0.2, 0) is 4.79 Å². The van der Waals surface area contributed by atoms with Crippen LogP contribution in [-0.4, -0.2) is 37.5 Å². The second-order valence-electron chi connectivity index (χ2n) is 4.93. The van der Waals surface area contributed by atoms with E-state index in [0.29, 0.717) is 11.8 Å². The first kappa shape index (κ1) is 13.5. The first-order valence-electron chi connectivity index (χ1n) is 6.64. The number of nitrogens with zero attached hydrogens (tertiary/aromatic N) is 1. The van der Waals surface area contributed by atoms with Gasteiger partial charge in [-0.15, -0.1) is 0 Å². The Morgan fingerprint density at radius 3 is 2.38 bits per heavy atom. The Morgan fingerprint density at radius 2 is 1.88 bits per heavy atom. The molecule has 0 aromatic carbocycles. The first-order valence-corrected chi connectivity index (χ1v) is 6.64. The van der Waals surface area contributed by atoms with Crippen molar-refractivity contribution in [2.45, 2.75) is 39.5 Å². The molecule has 3 heteroatoms. The van der Waals surface area contributed by atoms with Gasteiger partial charge in [0.1, 0.15) is 0 Å². The lowest BCUT2D eigenvalue weighted by Gasteiger charge is -2.29. The van der Waals surface area contributed by atoms with Gasteiger partial charge in [-0.3, -0.25) is 4.79 Å². The minimum absolute atomic E-state index is 0.228. The lowest BCUT2D eigenvalue weighted by Crippen LogP contribution is -2.39. The fraction of sp³-hybridized carbons (Fsp3) is 0.923. The zero-order chi connectivity index (χ0) is 12.0. The molecule has 0 radical (unpaired) electrons. The number of hydrogen-bond donors (Lipinski definition) is 1. The van der Waals surface area contributed by atoms with E-state index in [2.05, 4.69) is 19.2 Å². The smallest absolute Gasteiger partial charge is 0.225 e. The topological polar surface area (TPSA) is 32.3 Å². The van der Waals surface area contributed by atoms with Gasteiger partial charge < -0.3 is 10.2 Å². The van der Waals surface area contributed by atoms with Gasteiger partial charge in [-0.1, -0.05) is 13.8 Å². The number of amides is 1. The highest BCUT2D eigenvalue weighted by Crippen LogP contribution is 2.16. The monoisotopic (exact) mass is 226 g/mol. The molecule has 0 unspecified atom stereocenters. The molecule has 1 amide bonds. The van der Waals surface area contributed by atoms with Crippen molar-refractivity contribution in [2.75, 3.05) is 26.7 Å². The molecule has 1 N–H and O–H groups in total. The molecule has 3 nitrogen and oxygen atoms in total. The SMILES string of the molecule is CCC(CC)C(=O)N(C)CC1CCNCC1. The van der Waals surface area contributed by atoms with E-state index in [9.17, 15) is 4.79 Å². The van der Waals surface area contributed by atoms with Gasteiger partial charge in [-0.25, -0.2) is 0 Å². The number of carbonyl (C=O) groups excluding carboxylic acids is 1. The zero-order valence-corrected chi connectivity index (χ0v) is 11.0. The maximum atomic E-state index is 12.1. The number of rotatable bonds is 5. The van der Waals surface area contributed by atoms with Crippen LogP contribution in [0.15, 0.2) is 0 Å². The third-order valence-electron chi connectivity index (χ3n) is 3.70. The van der Waals surface area contributed by atoms with Crippen LogP contribution in [0.3, 0.4) is 0 Å². The molecular formula is C13H26N2O. The highest BCUT2D eigenvalue weighted by Gasteiger charge is 2.22. The van der Waals surface area contributed by atoms with Gasteiger partial charge >= 0.3 is 0 Å². The average Bonchev–Trinajstić information content (AvgIpc) is 2.31. The molecular weight excluding hydrogens is 200 g/mol. The van der Waals surface area contributed by atoms with Crippen molar-refractivity contribution in [3.63, 3.8) is 0 Å². The molecule has 1 fully saturated rings. The predicted octanol–water partition coefficient (Wildman–Crippen LogP) is 1.88. The van der Waals surface area contributed by atoms with Gasteiger partial charge in [0, 0.05) is 19.5 Å². The van der Waals surface area contributed by atoms with Crippen molar-refractivity contribution in [2.24, 2.45) is 11.8 Å². The molecule has 1 rings (SSSR count). The molecule has 1 heterocycles. The summed E-state index contributed by atoms with van der Waals surface area (Å²) in [5.74, 6) is 1.26. The van der Waals surface area contributed by atoms with E-state index in [-0.39, 0.29) is 5.92 Å². The Labute approximate surface area is 99.6 Å². The third kappa shape index (κ3) is 3.78. The van der Waals surface area contributed by atoms with Crippen molar-refractivity contribution in [3.05, 3.63) is 0 Å². The Kier molecular flexibility index (Phi) is 5.81. The molecule has 0 aromatic heterocycles. The van der Waals surface area contributed by atoms with Gasteiger partial charge in [0.25, 0.3) is 0 Å². The van der Waals surface area contributed by atoms with Gasteiger partial charge in [0.05, 0.1) is 0 Å². The molecule has 0 aromatic rings. The Bertz CT molecular complexity index is 208. The first-order chi connectivity index (χ1) is 7.69. The van der Waals surface area contributed by atoms with E-state index in [0.717, 1.165) is 32.5 Å². The molecule has 16 heavy (non-hydrogen) atoms. The molecule has 0 saturated carbocycles. The Morgan fingerprint density at radius 1 is 1.31 bits per heavy atom. The van der Waals surface area contributed by atoms with Gasteiger partial charge in [-0.2, -0.15) is 0 Å². The quantitative estimate of drug-likeness (QED) is 0.776. The molecule has 0 atom stereocenters. The molecule has 94 valence electrons. The molecule has 0 bridgehead atoms. The number of nitrogens with one attached hydrogen (secondary N) is 1. The van der Waals surface area contributed by atoms with Crippen LogP contribution in [0.5, 0.6) is 0 Å². The second-order valence-corrected chi connectivity index (χ2v) is 4.93. The van der Waals surface area contributed by atoms with Crippen LogP contribution in [0.4, 0.5) is 0 Å². The highest BCUT2D eigenvalue weighted by atomic mass is 16.2. The summed E-state index contributed by atoms with van der Waals surface area (Å²) in [6, 6.07) is 0. The standard InChI is InChI=1S/C13H26N2O/c1-4-12(5-2)13(16)15(3)10-11-6-8-14-9-7-11/h11-12,14H,4-10H2,1-3H3. The zero-order valence-electron chi connectivity index (χ0n) is 11.0. The van der Waals surface area contributed by atoms with Crippen molar-refractivity contribution < 1.29 is 4.79 Å². The van der Waals surface area contributed by atoms with E-state index in [4.69, 9.17) is 0 Å². The lowest BCUT2D eigenvalue weighted by molar-refractivity contribution is -0.135. The summed E-state index contributed by atoms with van der Waals surface area (Å²) in [6.45, 7) is 7.36. The maximum Gasteiger partial charge on any atom is 0.225 e. The van der Waals surface area contributed by atoms with E-state index >= 15 is 0 Å². The summed E-state index contributed by atoms with van der Waals surface area (Å²) in [6.07, 6.45) is 4.35. The molecule has 1 saturated heterocycles. The van der Waals surface area contributed by atoms with E-state index < -0.39 is 0 Å². The average molecular weight is 226 g/mol. The van der Waals surface area contributed by atoms with Crippen molar-refractivity contribution >= 4 is 5.91 Å². The summed E-state index contributed by atoms with van der Waals surface area (Å²) < 4.78 is 0. The molecule has 0 aliphatic carbocycles. The maximum absolute atomic E-state index is 12.1. The summed E-state index contributed by atoms with van der Waals surface area (Å²) in [4.78, 5) is 14.0. The Balaban J connectivity index is 2.37. The largest absolute Gasteiger partial charge is 0.345 e. The summed E-state index contributed by atoms with van der Waals surface area (Å²) in [5, 5.41) is 3.36. The fourth-order valence-electron chi connectivity index (χ4n) is 2.49. The lowest BCUT2D eigenvalue weighted by atomic mass is 9.96. The minimum atomic E-state index is 0.228. The van der Waals surface area contributed by atoms with Gasteiger partial charge in [0.2, 0.25) is 5.91 Å². The molecule has 1 aliphatic heterocycles. The Hall–Kier alpha value is -0.570. The van der Waals surface area contributed by atoms with Gasteiger partial charge in [-0.05, 0) is 44.7 Å². The van der Waals surface area contributed by atoms with E-state index in [1.165, 1.54) is 12.8 Å². The third-order valence-corrected chi connectivity index (χ3v) is 3.70. The van der Waals surface area contributed by atoms with Crippen LogP contribution in [0.1, 0.15) is 39.5 Å². The second kappa shape index (κ2) is 6.89. The normalized spacial score (nSPS) is 17.8. The number of carbonyl (C=O) groups is 1.